The average Bonchev–Trinajstić information content (AvgIpc) is 3.28. The van der Waals surface area contributed by atoms with Gasteiger partial charge in [0.25, 0.3) is 0 Å². The van der Waals surface area contributed by atoms with Gasteiger partial charge in [-0.3, -0.25) is 4.79 Å². The molecule has 162 valence electrons. The third kappa shape index (κ3) is 3.58. The van der Waals surface area contributed by atoms with Gasteiger partial charge in [-0.1, -0.05) is 60.1 Å². The van der Waals surface area contributed by atoms with Crippen LogP contribution >= 0.6 is 22.9 Å². The molecular weight excluding hydrogens is 432 g/mol. The fourth-order valence-electron chi connectivity index (χ4n) is 7.25. The standard InChI is InChI=1S/C29H27ClOS/c30-25-8-6-24(7-9-25)29-16-20-12-21(17-29)15-28(14-20,19-29)11-10-26(31)27-13-23(18-32-27)22-4-2-1-3-5-22/h1-11,13,18,20-21H,12,14-17,19H2/b11-10+. The van der Waals surface area contributed by atoms with E-state index in [2.05, 4.69) is 35.7 Å². The summed E-state index contributed by atoms with van der Waals surface area (Å²) < 4.78 is 0. The largest absolute Gasteiger partial charge is 0.288 e. The first kappa shape index (κ1) is 20.4. The van der Waals surface area contributed by atoms with Gasteiger partial charge >= 0.3 is 0 Å². The van der Waals surface area contributed by atoms with Gasteiger partial charge in [-0.05, 0) is 108 Å². The van der Waals surface area contributed by atoms with Crippen molar-refractivity contribution in [3.05, 3.63) is 93.7 Å². The number of hydrogen-bond donors (Lipinski definition) is 0. The lowest BCUT2D eigenvalue weighted by Crippen LogP contribution is -2.53. The molecule has 0 saturated heterocycles. The van der Waals surface area contributed by atoms with Crippen molar-refractivity contribution in [3.63, 3.8) is 0 Å². The minimum Gasteiger partial charge on any atom is -0.288 e. The summed E-state index contributed by atoms with van der Waals surface area (Å²) in [4.78, 5) is 13.9. The molecule has 2 aromatic carbocycles. The minimum atomic E-state index is 0.147. The van der Waals surface area contributed by atoms with Crippen LogP contribution in [0.5, 0.6) is 0 Å². The van der Waals surface area contributed by atoms with E-state index in [0.29, 0.717) is 0 Å². The molecule has 4 bridgehead atoms. The highest BCUT2D eigenvalue weighted by Crippen LogP contribution is 2.66. The highest BCUT2D eigenvalue weighted by Gasteiger charge is 2.57. The minimum absolute atomic E-state index is 0.147. The molecule has 32 heavy (non-hydrogen) atoms. The predicted molar refractivity (Wildman–Crippen MR) is 133 cm³/mol. The van der Waals surface area contributed by atoms with Gasteiger partial charge in [-0.2, -0.15) is 0 Å². The lowest BCUT2D eigenvalue weighted by Gasteiger charge is -2.62. The number of hydrogen-bond acceptors (Lipinski definition) is 2. The van der Waals surface area contributed by atoms with Crippen LogP contribution in [0.4, 0.5) is 0 Å². The van der Waals surface area contributed by atoms with Crippen molar-refractivity contribution in [1.82, 2.24) is 0 Å². The molecule has 3 heteroatoms. The molecule has 0 aliphatic heterocycles. The van der Waals surface area contributed by atoms with Crippen molar-refractivity contribution >= 4 is 28.7 Å². The van der Waals surface area contributed by atoms with E-state index >= 15 is 0 Å². The zero-order valence-electron chi connectivity index (χ0n) is 18.1. The Labute approximate surface area is 199 Å². The number of benzene rings is 2. The van der Waals surface area contributed by atoms with Crippen molar-refractivity contribution in [2.24, 2.45) is 17.3 Å². The van der Waals surface area contributed by atoms with Crippen LogP contribution in [0.1, 0.15) is 53.8 Å². The molecule has 3 aromatic rings. The van der Waals surface area contributed by atoms with Crippen molar-refractivity contribution in [2.75, 3.05) is 0 Å². The summed E-state index contributed by atoms with van der Waals surface area (Å²) in [6.45, 7) is 0. The van der Waals surface area contributed by atoms with Gasteiger partial charge in [-0.15, -0.1) is 11.3 Å². The molecular formula is C29H27ClOS. The topological polar surface area (TPSA) is 17.1 Å². The zero-order chi connectivity index (χ0) is 21.8. The van der Waals surface area contributed by atoms with E-state index in [-0.39, 0.29) is 16.6 Å². The molecule has 4 fully saturated rings. The van der Waals surface area contributed by atoms with Crippen LogP contribution in [-0.4, -0.2) is 5.78 Å². The number of halogens is 1. The highest BCUT2D eigenvalue weighted by molar-refractivity contribution is 7.12. The fourth-order valence-corrected chi connectivity index (χ4v) is 8.21. The number of allylic oxidation sites excluding steroid dienone is 2. The number of ketones is 1. The third-order valence-corrected chi connectivity index (χ3v) is 9.30. The second kappa shape index (κ2) is 7.71. The summed E-state index contributed by atoms with van der Waals surface area (Å²) in [7, 11) is 0. The molecule has 0 amide bonds. The lowest BCUT2D eigenvalue weighted by atomic mass is 9.43. The van der Waals surface area contributed by atoms with Crippen LogP contribution < -0.4 is 0 Å². The van der Waals surface area contributed by atoms with E-state index in [1.165, 1.54) is 37.7 Å². The molecule has 7 rings (SSSR count). The van der Waals surface area contributed by atoms with E-state index in [4.69, 9.17) is 11.6 Å². The molecule has 2 atom stereocenters. The van der Waals surface area contributed by atoms with Crippen LogP contribution in [0.3, 0.4) is 0 Å². The Kier molecular flexibility index (Phi) is 4.93. The van der Waals surface area contributed by atoms with Gasteiger partial charge in [-0.25, -0.2) is 0 Å². The first-order chi connectivity index (χ1) is 15.5. The highest BCUT2D eigenvalue weighted by atomic mass is 35.5. The SMILES string of the molecule is O=C(/C=C/C12CC3CC(C1)CC(c1ccc(Cl)cc1)(C3)C2)c1cc(-c2ccccc2)cs1. The summed E-state index contributed by atoms with van der Waals surface area (Å²) in [5.41, 5.74) is 4.16. The second-order valence-electron chi connectivity index (χ2n) is 10.4. The molecule has 4 saturated carbocycles. The van der Waals surface area contributed by atoms with Crippen molar-refractivity contribution in [1.29, 1.82) is 0 Å². The quantitative estimate of drug-likeness (QED) is 0.277. The Morgan fingerprint density at radius 2 is 1.66 bits per heavy atom. The number of carbonyl (C=O) groups excluding carboxylic acids is 1. The maximum absolute atomic E-state index is 13.1. The second-order valence-corrected chi connectivity index (χ2v) is 11.7. The molecule has 0 radical (unpaired) electrons. The van der Waals surface area contributed by atoms with E-state index in [1.807, 2.05) is 42.5 Å². The van der Waals surface area contributed by atoms with Crippen LogP contribution in [0, 0.1) is 17.3 Å². The normalized spacial score (nSPS) is 30.8. The fraction of sp³-hybridized carbons (Fsp3) is 0.345. The first-order valence-electron chi connectivity index (χ1n) is 11.7. The van der Waals surface area contributed by atoms with Gasteiger partial charge in [0.05, 0.1) is 4.88 Å². The van der Waals surface area contributed by atoms with E-state index < -0.39 is 0 Å². The summed E-state index contributed by atoms with van der Waals surface area (Å²) in [5.74, 6) is 1.70. The Morgan fingerprint density at radius 3 is 2.38 bits per heavy atom. The Hall–Kier alpha value is -2.16. The van der Waals surface area contributed by atoms with E-state index in [9.17, 15) is 4.79 Å². The summed E-state index contributed by atoms with van der Waals surface area (Å²) >= 11 is 7.74. The van der Waals surface area contributed by atoms with Gasteiger partial charge in [0.15, 0.2) is 5.78 Å². The maximum atomic E-state index is 13.1. The summed E-state index contributed by atoms with van der Waals surface area (Å²) in [6.07, 6.45) is 11.8. The average molecular weight is 459 g/mol. The molecule has 4 aliphatic carbocycles. The molecule has 0 spiro atoms. The summed E-state index contributed by atoms with van der Waals surface area (Å²) in [5, 5.41) is 2.90. The first-order valence-corrected chi connectivity index (χ1v) is 12.9. The molecule has 4 aliphatic rings. The Bertz CT molecular complexity index is 1160. The zero-order valence-corrected chi connectivity index (χ0v) is 19.7. The smallest absolute Gasteiger partial charge is 0.195 e. The van der Waals surface area contributed by atoms with Crippen molar-refractivity contribution in [3.8, 4) is 11.1 Å². The molecule has 1 nitrogen and oxygen atoms in total. The maximum Gasteiger partial charge on any atom is 0.195 e. The summed E-state index contributed by atoms with van der Waals surface area (Å²) in [6, 6.07) is 20.9. The molecule has 2 unspecified atom stereocenters. The van der Waals surface area contributed by atoms with E-state index in [0.717, 1.165) is 39.3 Å². The number of carbonyl (C=O) groups is 1. The molecule has 1 heterocycles. The van der Waals surface area contributed by atoms with Gasteiger partial charge in [0, 0.05) is 5.02 Å². The van der Waals surface area contributed by atoms with Crippen LogP contribution in [0.25, 0.3) is 11.1 Å². The Morgan fingerprint density at radius 1 is 0.938 bits per heavy atom. The van der Waals surface area contributed by atoms with Crippen LogP contribution in [0.15, 0.2) is 78.2 Å². The van der Waals surface area contributed by atoms with Gasteiger partial charge in [0.1, 0.15) is 0 Å². The lowest BCUT2D eigenvalue weighted by molar-refractivity contribution is -0.0455. The monoisotopic (exact) mass is 458 g/mol. The number of thiophene rings is 1. The van der Waals surface area contributed by atoms with Crippen LogP contribution in [0.2, 0.25) is 5.02 Å². The van der Waals surface area contributed by atoms with Gasteiger partial charge in [0.2, 0.25) is 0 Å². The van der Waals surface area contributed by atoms with Crippen molar-refractivity contribution in [2.45, 2.75) is 43.9 Å². The molecule has 0 N–H and O–H groups in total. The van der Waals surface area contributed by atoms with Gasteiger partial charge < -0.3 is 0 Å². The predicted octanol–water partition coefficient (Wildman–Crippen LogP) is 8.35. The van der Waals surface area contributed by atoms with E-state index in [1.54, 1.807) is 11.3 Å². The van der Waals surface area contributed by atoms with Crippen LogP contribution in [-0.2, 0) is 5.41 Å². The third-order valence-electron chi connectivity index (χ3n) is 8.10. The van der Waals surface area contributed by atoms with Crippen molar-refractivity contribution < 1.29 is 4.79 Å². The number of rotatable bonds is 5. The Balaban J connectivity index is 1.26. The molecule has 1 aromatic heterocycles.